The molecule has 0 aliphatic rings. The predicted octanol–water partition coefficient (Wildman–Crippen LogP) is 2.65. The third-order valence-electron chi connectivity index (χ3n) is 0.478. The first-order valence-corrected chi connectivity index (χ1v) is 6.74. The molecular weight excluding hydrogens is 540 g/mol. The molecule has 0 bridgehead atoms. The lowest BCUT2D eigenvalue weighted by Gasteiger charge is -2.10. The lowest BCUT2D eigenvalue weighted by atomic mass is 10.5. The number of carbonyl (C=O) groups excluding carboxylic acids is 2. The molecule has 4 nitrogen and oxygen atoms in total. The molecule has 0 heterocycles. The topological polar surface area (TPSA) is 86.2 Å². The molecule has 0 unspecified atom stereocenters. The molecule has 10 heteroatoms. The van der Waals surface area contributed by atoms with Crippen molar-refractivity contribution in [3.63, 3.8) is 0 Å². The number of amides is 2. The number of carbonyl (C=O) groups is 2. The van der Waals surface area contributed by atoms with Gasteiger partial charge in [-0.1, -0.05) is 79.6 Å². The Morgan fingerprint density at radius 2 is 1.29 bits per heavy atom. The van der Waals surface area contributed by atoms with Crippen LogP contribution in [0.2, 0.25) is 0 Å². The molecule has 0 aromatic heterocycles. The number of hydrogen-bond acceptors (Lipinski definition) is 2. The maximum absolute atomic E-state index is 10.9. The summed E-state index contributed by atoms with van der Waals surface area (Å²) < 4.78 is -1.16. The van der Waals surface area contributed by atoms with E-state index in [0.29, 0.717) is 0 Å². The van der Waals surface area contributed by atoms with Gasteiger partial charge in [-0.25, -0.2) is 4.79 Å². The summed E-state index contributed by atoms with van der Waals surface area (Å²) in [5.74, 6) is -0.0810. The van der Waals surface area contributed by atoms with E-state index in [1.807, 2.05) is 0 Å². The highest BCUT2D eigenvalue weighted by Gasteiger charge is 2.32. The van der Waals surface area contributed by atoms with E-state index < -0.39 is 8.17 Å². The average Bonchev–Trinajstić information content (AvgIpc) is 1.82. The second-order valence-electron chi connectivity index (χ2n) is 1.57. The molecule has 4 N–H and O–H groups in total. The van der Waals surface area contributed by atoms with Crippen LogP contribution in [0.4, 0.5) is 4.79 Å². The molecule has 0 aromatic carbocycles. The normalized spacial score (nSPS) is 9.57. The Balaban J connectivity index is -0.000000209. The monoisotopic (exact) mass is 542 g/mol. The fourth-order valence-corrected chi connectivity index (χ4v) is 3.34. The average molecular weight is 547 g/mol. The minimum atomic E-state index is -0.833. The van der Waals surface area contributed by atoms with Gasteiger partial charge in [-0.3, -0.25) is 4.79 Å². The van der Waals surface area contributed by atoms with Crippen LogP contribution in [0, 0.1) is 0 Å². The molecule has 0 saturated heterocycles. The number of Topliss-reactive ketones (excluding diaryl/α,β-unsaturated/α-hetero) is 1. The number of primary amides is 2. The second kappa shape index (κ2) is 9.88. The standard InChI is InChI=1S/C3HBr5O.CH4N2O.H2S/c4-2(5)1(9)3(6,7)8;2-1(3)4;/h2H;(H4,2,3,4);1H2. The summed E-state index contributed by atoms with van der Waals surface area (Å²) in [7, 11) is 0. The van der Waals surface area contributed by atoms with Crippen LogP contribution in [-0.4, -0.2) is 17.7 Å². The van der Waals surface area contributed by atoms with Crippen LogP contribution < -0.4 is 11.5 Å². The third-order valence-corrected chi connectivity index (χ3v) is 2.48. The van der Waals surface area contributed by atoms with E-state index in [-0.39, 0.29) is 23.0 Å². The zero-order valence-corrected chi connectivity index (χ0v) is 15.4. The molecule has 0 saturated carbocycles. The van der Waals surface area contributed by atoms with E-state index in [1.165, 1.54) is 0 Å². The Bertz CT molecular complexity index is 191. The van der Waals surface area contributed by atoms with Crippen molar-refractivity contribution in [1.82, 2.24) is 0 Å². The third kappa shape index (κ3) is 16.1. The molecule has 0 rings (SSSR count). The summed E-state index contributed by atoms with van der Waals surface area (Å²) in [5.41, 5.74) is 8.50. The molecule has 0 spiro atoms. The summed E-state index contributed by atoms with van der Waals surface area (Å²) in [4.78, 5) is 19.9. The van der Waals surface area contributed by atoms with Crippen molar-refractivity contribution in [2.75, 3.05) is 0 Å². The van der Waals surface area contributed by atoms with Gasteiger partial charge in [0, 0.05) is 0 Å². The lowest BCUT2D eigenvalue weighted by molar-refractivity contribution is -0.115. The highest BCUT2D eigenvalue weighted by Crippen LogP contribution is 2.37. The van der Waals surface area contributed by atoms with E-state index in [2.05, 4.69) is 91.1 Å². The number of alkyl halides is 5. The van der Waals surface area contributed by atoms with Crippen LogP contribution in [0.25, 0.3) is 0 Å². The second-order valence-corrected chi connectivity index (χ2v) is 11.4. The number of urea groups is 1. The van der Waals surface area contributed by atoms with Crippen LogP contribution in [0.1, 0.15) is 0 Å². The molecule has 0 atom stereocenters. The molecule has 2 amide bonds. The highest BCUT2D eigenvalue weighted by atomic mass is 80.0. The van der Waals surface area contributed by atoms with Gasteiger partial charge in [-0.15, -0.1) is 0 Å². The minimum absolute atomic E-state index is 0. The van der Waals surface area contributed by atoms with E-state index in [9.17, 15) is 4.79 Å². The molecule has 0 fully saturated rings. The summed E-state index contributed by atoms with van der Waals surface area (Å²) in [6, 6.07) is -0.833. The molecule has 0 aromatic rings. The molecule has 0 radical (unpaired) electrons. The van der Waals surface area contributed by atoms with Gasteiger partial charge in [0.25, 0.3) is 0 Å². The van der Waals surface area contributed by atoms with Crippen LogP contribution in [0.3, 0.4) is 0 Å². The SMILES string of the molecule is NC(N)=O.O=C(C(Br)Br)C(Br)(Br)Br.S. The molecule has 0 aliphatic heterocycles. The molecule has 0 aliphatic carbocycles. The van der Waals surface area contributed by atoms with Crippen molar-refractivity contribution in [1.29, 1.82) is 0 Å². The predicted molar refractivity (Wildman–Crippen MR) is 80.3 cm³/mol. The van der Waals surface area contributed by atoms with Crippen molar-refractivity contribution in [3.05, 3.63) is 0 Å². The first-order chi connectivity index (χ1) is 5.59. The minimum Gasteiger partial charge on any atom is -0.352 e. The van der Waals surface area contributed by atoms with E-state index in [1.54, 1.807) is 0 Å². The van der Waals surface area contributed by atoms with Crippen molar-refractivity contribution in [3.8, 4) is 0 Å². The van der Waals surface area contributed by atoms with Gasteiger partial charge in [0.15, 0.2) is 7.93 Å². The van der Waals surface area contributed by atoms with E-state index in [4.69, 9.17) is 4.79 Å². The first kappa shape index (κ1) is 21.0. The Kier molecular flexibility index (Phi) is 14.8. The smallest absolute Gasteiger partial charge is 0.309 e. The van der Waals surface area contributed by atoms with Gasteiger partial charge < -0.3 is 11.5 Å². The summed E-state index contributed by atoms with van der Waals surface area (Å²) in [6.07, 6.45) is 0. The maximum atomic E-state index is 10.9. The Morgan fingerprint density at radius 1 is 1.07 bits per heavy atom. The zero-order chi connectivity index (χ0) is 11.2. The summed E-state index contributed by atoms with van der Waals surface area (Å²) in [5, 5.41) is 0. The van der Waals surface area contributed by atoms with Gasteiger partial charge in [-0.2, -0.15) is 13.5 Å². The molecule has 86 valence electrons. The summed E-state index contributed by atoms with van der Waals surface area (Å²) in [6.45, 7) is 0. The quantitative estimate of drug-likeness (QED) is 0.496. The molecular formula is C4H7Br5N2O2S. The Hall–Kier alpha value is 1.69. The Labute approximate surface area is 130 Å². The van der Waals surface area contributed by atoms with Crippen LogP contribution in [-0.2, 0) is 4.79 Å². The Morgan fingerprint density at radius 3 is 1.29 bits per heavy atom. The fourth-order valence-electron chi connectivity index (χ4n) is 0.124. The highest BCUT2D eigenvalue weighted by molar-refractivity contribution is 9.40. The van der Waals surface area contributed by atoms with Crippen molar-refractivity contribution >= 4 is 105 Å². The van der Waals surface area contributed by atoms with Gasteiger partial charge in [0.2, 0.25) is 0 Å². The number of ketones is 1. The number of halogens is 5. The first-order valence-electron chi connectivity index (χ1n) is 2.53. The van der Waals surface area contributed by atoms with Gasteiger partial charge in [-0.05, 0) is 0 Å². The van der Waals surface area contributed by atoms with Crippen molar-refractivity contribution in [2.24, 2.45) is 11.5 Å². The van der Waals surface area contributed by atoms with Crippen molar-refractivity contribution < 1.29 is 9.59 Å². The van der Waals surface area contributed by atoms with Crippen LogP contribution in [0.5, 0.6) is 0 Å². The zero-order valence-electron chi connectivity index (χ0n) is 6.44. The largest absolute Gasteiger partial charge is 0.352 e. The lowest BCUT2D eigenvalue weighted by Crippen LogP contribution is -2.22. The van der Waals surface area contributed by atoms with Crippen LogP contribution in [0.15, 0.2) is 0 Å². The van der Waals surface area contributed by atoms with E-state index in [0.717, 1.165) is 0 Å². The fraction of sp³-hybridized carbons (Fsp3) is 0.500. The maximum Gasteiger partial charge on any atom is 0.309 e. The van der Waals surface area contributed by atoms with Gasteiger partial charge in [0.05, 0.1) is 0 Å². The molecule has 14 heavy (non-hydrogen) atoms. The van der Waals surface area contributed by atoms with Crippen molar-refractivity contribution in [2.45, 2.75) is 5.88 Å². The number of rotatable bonds is 1. The van der Waals surface area contributed by atoms with Crippen LogP contribution >= 0.6 is 93.1 Å². The van der Waals surface area contributed by atoms with Gasteiger partial charge in [0.1, 0.15) is 3.74 Å². The summed E-state index contributed by atoms with van der Waals surface area (Å²) >= 11 is 15.3. The van der Waals surface area contributed by atoms with E-state index >= 15 is 0 Å². The van der Waals surface area contributed by atoms with Gasteiger partial charge >= 0.3 is 6.03 Å². The number of hydrogen-bond donors (Lipinski definition) is 2. The number of nitrogens with two attached hydrogens (primary N) is 2.